The van der Waals surface area contributed by atoms with Crippen LogP contribution in [-0.2, 0) is 6.42 Å². The quantitative estimate of drug-likeness (QED) is 0.681. The van der Waals surface area contributed by atoms with Crippen LogP contribution in [0.3, 0.4) is 0 Å². The second-order valence-corrected chi connectivity index (χ2v) is 4.76. The smallest absolute Gasteiger partial charge is 0.343 e. The van der Waals surface area contributed by atoms with Gasteiger partial charge in [-0.25, -0.2) is 4.79 Å². The first kappa shape index (κ1) is 11.4. The van der Waals surface area contributed by atoms with Gasteiger partial charge in [0.05, 0.1) is 8.96 Å². The van der Waals surface area contributed by atoms with Gasteiger partial charge >= 0.3 is 5.63 Å². The van der Waals surface area contributed by atoms with E-state index in [0.717, 1.165) is 27.6 Å². The summed E-state index contributed by atoms with van der Waals surface area (Å²) >= 11 is 2.22. The van der Waals surface area contributed by atoms with E-state index in [2.05, 4.69) is 29.5 Å². The summed E-state index contributed by atoms with van der Waals surface area (Å²) in [6, 6.07) is 5.35. The molecule has 0 saturated heterocycles. The van der Waals surface area contributed by atoms with Crippen molar-refractivity contribution in [3.8, 4) is 0 Å². The van der Waals surface area contributed by atoms with Crippen LogP contribution in [0.25, 0.3) is 10.8 Å². The molecule has 2 rings (SSSR count). The molecule has 1 aromatic carbocycles. The molecule has 2 N–H and O–H groups in total. The van der Waals surface area contributed by atoms with E-state index in [1.165, 1.54) is 0 Å². The Bertz CT molecular complexity index is 589. The lowest BCUT2D eigenvalue weighted by molar-refractivity contribution is 0.460. The maximum atomic E-state index is 11.8. The number of anilines is 1. The summed E-state index contributed by atoms with van der Waals surface area (Å²) in [7, 11) is 0. The Morgan fingerprint density at radius 3 is 2.81 bits per heavy atom. The van der Waals surface area contributed by atoms with Gasteiger partial charge in [-0.3, -0.25) is 0 Å². The third kappa shape index (κ3) is 1.93. The number of halogens is 1. The molecule has 1 heterocycles. The maximum Gasteiger partial charge on any atom is 0.343 e. The van der Waals surface area contributed by atoms with Crippen LogP contribution in [0.5, 0.6) is 0 Å². The number of hydrogen-bond acceptors (Lipinski definition) is 3. The van der Waals surface area contributed by atoms with E-state index in [1.807, 2.05) is 6.07 Å². The molecule has 0 spiro atoms. The summed E-state index contributed by atoms with van der Waals surface area (Å²) in [4.78, 5) is 11.8. The predicted octanol–water partition coefficient (Wildman–Crippen LogP) is 2.93. The van der Waals surface area contributed by atoms with Gasteiger partial charge in [0, 0.05) is 17.5 Å². The van der Waals surface area contributed by atoms with E-state index in [9.17, 15) is 4.79 Å². The van der Waals surface area contributed by atoms with E-state index in [0.29, 0.717) is 11.1 Å². The Kier molecular flexibility index (Phi) is 3.18. The number of aryl methyl sites for hydroxylation is 1. The van der Waals surface area contributed by atoms with Crippen LogP contribution in [0.1, 0.15) is 19.1 Å². The van der Waals surface area contributed by atoms with E-state index in [1.54, 1.807) is 12.1 Å². The molecule has 0 saturated carbocycles. The van der Waals surface area contributed by atoms with Gasteiger partial charge in [0.15, 0.2) is 0 Å². The second kappa shape index (κ2) is 4.45. The Morgan fingerprint density at radius 2 is 2.12 bits per heavy atom. The molecule has 0 aliphatic carbocycles. The first-order valence-corrected chi connectivity index (χ1v) is 6.22. The number of hydrogen-bond donors (Lipinski definition) is 1. The molecule has 0 bridgehead atoms. The highest BCUT2D eigenvalue weighted by Gasteiger charge is 2.10. The zero-order valence-electron chi connectivity index (χ0n) is 8.92. The normalized spacial score (nSPS) is 10.9. The summed E-state index contributed by atoms with van der Waals surface area (Å²) in [5.41, 5.74) is 5.94. The van der Waals surface area contributed by atoms with Crippen LogP contribution in [-0.4, -0.2) is 0 Å². The van der Waals surface area contributed by atoms with Crippen LogP contribution >= 0.6 is 22.6 Å². The fraction of sp³-hybridized carbons (Fsp3) is 0.250. The molecule has 0 radical (unpaired) electrons. The lowest BCUT2D eigenvalue weighted by Gasteiger charge is -2.05. The van der Waals surface area contributed by atoms with Crippen molar-refractivity contribution in [1.82, 2.24) is 0 Å². The number of nitrogen functional groups attached to an aromatic ring is 1. The van der Waals surface area contributed by atoms with Crippen molar-refractivity contribution < 1.29 is 4.42 Å². The van der Waals surface area contributed by atoms with Gasteiger partial charge in [-0.1, -0.05) is 13.0 Å². The zero-order valence-corrected chi connectivity index (χ0v) is 11.1. The average Bonchev–Trinajstić information content (AvgIpc) is 2.26. The molecule has 0 unspecified atom stereocenters. The van der Waals surface area contributed by atoms with Crippen molar-refractivity contribution in [2.45, 2.75) is 19.8 Å². The first-order valence-electron chi connectivity index (χ1n) is 5.14. The van der Waals surface area contributed by atoms with Crippen LogP contribution in [0.2, 0.25) is 0 Å². The lowest BCUT2D eigenvalue weighted by Crippen LogP contribution is -2.05. The second-order valence-electron chi connectivity index (χ2n) is 3.68. The Labute approximate surface area is 107 Å². The SMILES string of the molecule is CCCc1oc(=O)c2cc(N)ccc2c1I. The topological polar surface area (TPSA) is 56.2 Å². The third-order valence-electron chi connectivity index (χ3n) is 2.44. The first-order chi connectivity index (χ1) is 7.63. The highest BCUT2D eigenvalue weighted by atomic mass is 127. The van der Waals surface area contributed by atoms with Crippen molar-refractivity contribution in [3.63, 3.8) is 0 Å². The maximum absolute atomic E-state index is 11.8. The number of fused-ring (bicyclic) bond motifs is 1. The van der Waals surface area contributed by atoms with E-state index >= 15 is 0 Å². The van der Waals surface area contributed by atoms with Crippen LogP contribution in [0, 0.1) is 3.57 Å². The van der Waals surface area contributed by atoms with Gasteiger partial charge in [-0.2, -0.15) is 0 Å². The molecular weight excluding hydrogens is 317 g/mol. The van der Waals surface area contributed by atoms with Gasteiger partial charge in [-0.15, -0.1) is 0 Å². The molecule has 0 atom stereocenters. The highest BCUT2D eigenvalue weighted by Crippen LogP contribution is 2.24. The van der Waals surface area contributed by atoms with Gasteiger partial charge in [0.1, 0.15) is 5.76 Å². The molecule has 0 aliphatic heterocycles. The molecule has 1 aromatic heterocycles. The van der Waals surface area contributed by atoms with Gasteiger partial charge in [-0.05, 0) is 41.1 Å². The molecule has 0 amide bonds. The number of benzene rings is 1. The van der Waals surface area contributed by atoms with Gasteiger partial charge in [0.25, 0.3) is 0 Å². The van der Waals surface area contributed by atoms with E-state index < -0.39 is 0 Å². The van der Waals surface area contributed by atoms with Crippen LogP contribution in [0.4, 0.5) is 5.69 Å². The summed E-state index contributed by atoms with van der Waals surface area (Å²) in [6.45, 7) is 2.06. The molecule has 2 aromatic rings. The van der Waals surface area contributed by atoms with E-state index in [-0.39, 0.29) is 5.63 Å². The number of rotatable bonds is 2. The van der Waals surface area contributed by atoms with Gasteiger partial charge < -0.3 is 10.2 Å². The zero-order chi connectivity index (χ0) is 11.7. The summed E-state index contributed by atoms with van der Waals surface area (Å²) in [5.74, 6) is 0.769. The van der Waals surface area contributed by atoms with Crippen molar-refractivity contribution in [2.75, 3.05) is 5.73 Å². The minimum Gasteiger partial charge on any atom is -0.426 e. The Balaban J connectivity index is 2.79. The van der Waals surface area contributed by atoms with Crippen molar-refractivity contribution in [2.24, 2.45) is 0 Å². The molecular formula is C12H12INO2. The lowest BCUT2D eigenvalue weighted by atomic mass is 10.1. The summed E-state index contributed by atoms with van der Waals surface area (Å²) in [5, 5.41) is 1.48. The standard InChI is InChI=1S/C12H12INO2/c1-2-3-10-11(13)8-5-4-7(14)6-9(8)12(15)16-10/h4-6H,2-3,14H2,1H3. The van der Waals surface area contributed by atoms with Crippen molar-refractivity contribution >= 4 is 39.1 Å². The Hall–Kier alpha value is -1.04. The highest BCUT2D eigenvalue weighted by molar-refractivity contribution is 14.1. The third-order valence-corrected chi connectivity index (χ3v) is 3.62. The molecule has 4 heteroatoms. The van der Waals surface area contributed by atoms with Crippen molar-refractivity contribution in [1.29, 1.82) is 0 Å². The number of nitrogens with two attached hydrogens (primary N) is 1. The Morgan fingerprint density at radius 1 is 1.38 bits per heavy atom. The largest absolute Gasteiger partial charge is 0.426 e. The minimum absolute atomic E-state index is 0.300. The predicted molar refractivity (Wildman–Crippen MR) is 73.6 cm³/mol. The fourth-order valence-electron chi connectivity index (χ4n) is 1.67. The summed E-state index contributed by atoms with van der Waals surface area (Å²) < 4.78 is 6.31. The molecule has 84 valence electrons. The fourth-order valence-corrected chi connectivity index (χ4v) is 2.52. The minimum atomic E-state index is -0.300. The summed E-state index contributed by atoms with van der Waals surface area (Å²) in [6.07, 6.45) is 1.74. The molecule has 16 heavy (non-hydrogen) atoms. The van der Waals surface area contributed by atoms with Crippen LogP contribution < -0.4 is 11.4 Å². The monoisotopic (exact) mass is 329 g/mol. The van der Waals surface area contributed by atoms with Gasteiger partial charge in [0.2, 0.25) is 0 Å². The molecule has 0 fully saturated rings. The molecule has 3 nitrogen and oxygen atoms in total. The molecule has 0 aliphatic rings. The van der Waals surface area contributed by atoms with Crippen molar-refractivity contribution in [3.05, 3.63) is 37.9 Å². The average molecular weight is 329 g/mol. The van der Waals surface area contributed by atoms with Crippen LogP contribution in [0.15, 0.2) is 27.4 Å². The van der Waals surface area contributed by atoms with E-state index in [4.69, 9.17) is 10.2 Å².